The van der Waals surface area contributed by atoms with E-state index in [1.165, 1.54) is 13.8 Å². The van der Waals surface area contributed by atoms with Gasteiger partial charge in [0.1, 0.15) is 11.4 Å². The number of rotatable bonds is 5. The number of benzene rings is 1. The van der Waals surface area contributed by atoms with E-state index in [9.17, 15) is 14.7 Å². The molecule has 0 amide bonds. The van der Waals surface area contributed by atoms with Crippen LogP contribution < -0.4 is 0 Å². The predicted octanol–water partition coefficient (Wildman–Crippen LogP) is 3.76. The Bertz CT molecular complexity index is 589. The number of phenolic OH excluding ortho intramolecular Hbond substituents is 1. The molecule has 0 saturated carbocycles. The summed E-state index contributed by atoms with van der Waals surface area (Å²) in [6, 6.07) is 4.71. The summed E-state index contributed by atoms with van der Waals surface area (Å²) in [4.78, 5) is 3.11. The van der Waals surface area contributed by atoms with Crippen LogP contribution in [0, 0.1) is 0 Å². The lowest BCUT2D eigenvalue weighted by Crippen LogP contribution is -2.36. The highest BCUT2D eigenvalue weighted by Crippen LogP contribution is 2.32. The Morgan fingerprint density at radius 1 is 1.40 bits per heavy atom. The van der Waals surface area contributed by atoms with E-state index in [1.807, 2.05) is 6.92 Å². The molecule has 1 heterocycles. The summed E-state index contributed by atoms with van der Waals surface area (Å²) < 4.78 is 13.7. The molecule has 3 N–H and O–H groups in total. The van der Waals surface area contributed by atoms with Gasteiger partial charge in [-0.1, -0.05) is 6.92 Å². The van der Waals surface area contributed by atoms with E-state index < -0.39 is 5.67 Å². The summed E-state index contributed by atoms with van der Waals surface area (Å²) >= 11 is 0. The lowest BCUT2D eigenvalue weighted by Gasteiger charge is -2.28. The summed E-state index contributed by atoms with van der Waals surface area (Å²) in [7, 11) is 0. The highest BCUT2D eigenvalue weighted by atomic mass is 19.1. The first-order valence-electron chi connectivity index (χ1n) is 6.76. The summed E-state index contributed by atoms with van der Waals surface area (Å²) in [5, 5.41) is 21.6. The van der Waals surface area contributed by atoms with Crippen molar-refractivity contribution < 1.29 is 14.7 Å². The number of hydroxylamine groups is 2. The van der Waals surface area contributed by atoms with Gasteiger partial charge in [0.25, 0.3) is 0 Å². The third-order valence-electron chi connectivity index (χ3n) is 3.34. The number of hydrogen-bond donors (Lipinski definition) is 3. The van der Waals surface area contributed by atoms with Crippen LogP contribution in [0.5, 0.6) is 5.75 Å². The number of phenols is 1. The fourth-order valence-electron chi connectivity index (χ4n) is 2.49. The molecule has 2 aromatic rings. The first-order valence-corrected chi connectivity index (χ1v) is 6.76. The average molecular weight is 280 g/mol. The minimum absolute atomic E-state index is 0.0724. The molecule has 0 spiro atoms. The van der Waals surface area contributed by atoms with Gasteiger partial charge < -0.3 is 15.3 Å². The number of aromatic nitrogens is 1. The van der Waals surface area contributed by atoms with Crippen molar-refractivity contribution >= 4 is 10.9 Å². The molecule has 5 heteroatoms. The number of aromatic hydroxyl groups is 1. The van der Waals surface area contributed by atoms with E-state index in [0.29, 0.717) is 6.42 Å². The van der Waals surface area contributed by atoms with Gasteiger partial charge in [-0.15, -0.1) is 0 Å². The lowest BCUT2D eigenvalue weighted by atomic mass is 10.0. The molecule has 2 rings (SSSR count). The van der Waals surface area contributed by atoms with Crippen molar-refractivity contribution in [1.82, 2.24) is 10.0 Å². The van der Waals surface area contributed by atoms with Gasteiger partial charge >= 0.3 is 0 Å². The molecule has 0 fully saturated rings. The highest BCUT2D eigenvalue weighted by molar-refractivity contribution is 5.85. The van der Waals surface area contributed by atoms with Crippen LogP contribution in [-0.2, 0) is 0 Å². The Kier molecular flexibility index (Phi) is 4.01. The van der Waals surface area contributed by atoms with E-state index in [1.54, 1.807) is 24.4 Å². The fraction of sp³-hybridized carbons (Fsp3) is 0.467. The second-order valence-electron chi connectivity index (χ2n) is 5.71. The second-order valence-corrected chi connectivity index (χ2v) is 5.71. The number of halogens is 1. The molecule has 0 aliphatic carbocycles. The zero-order chi connectivity index (χ0) is 14.9. The summed E-state index contributed by atoms with van der Waals surface area (Å²) in [6.07, 6.45) is 2.43. The first kappa shape index (κ1) is 14.8. The van der Waals surface area contributed by atoms with Crippen LogP contribution in [0.15, 0.2) is 24.4 Å². The van der Waals surface area contributed by atoms with Gasteiger partial charge in [-0.25, -0.2) is 4.39 Å². The Hall–Kier alpha value is -1.59. The maximum atomic E-state index is 13.7. The summed E-state index contributed by atoms with van der Waals surface area (Å²) in [6.45, 7) is 4.73. The number of fused-ring (bicyclic) bond motifs is 1. The zero-order valence-electron chi connectivity index (χ0n) is 12.0. The smallest absolute Gasteiger partial charge is 0.120 e. The SMILES string of the molecule is CCC(c1c[nH]c2ccc(O)cc12)N(O)CC(C)(C)F. The molecule has 0 radical (unpaired) electrons. The third kappa shape index (κ3) is 3.11. The molecule has 110 valence electrons. The molecular weight excluding hydrogens is 259 g/mol. The minimum Gasteiger partial charge on any atom is -0.508 e. The van der Waals surface area contributed by atoms with Gasteiger partial charge in [-0.2, -0.15) is 5.06 Å². The zero-order valence-corrected chi connectivity index (χ0v) is 12.0. The van der Waals surface area contributed by atoms with Crippen molar-refractivity contribution in [3.63, 3.8) is 0 Å². The second kappa shape index (κ2) is 5.42. The number of aromatic amines is 1. The topological polar surface area (TPSA) is 59.5 Å². The van der Waals surface area contributed by atoms with Crippen LogP contribution >= 0.6 is 0 Å². The maximum absolute atomic E-state index is 13.7. The van der Waals surface area contributed by atoms with Crippen LogP contribution in [0.25, 0.3) is 10.9 Å². The van der Waals surface area contributed by atoms with Crippen molar-refractivity contribution in [2.45, 2.75) is 38.9 Å². The standard InChI is InChI=1S/C15H21FN2O2/c1-4-14(18(20)9-15(2,3)16)12-8-17-13-6-5-10(19)7-11(12)13/h5-8,14,17,19-20H,4,9H2,1-3H3. The van der Waals surface area contributed by atoms with Crippen molar-refractivity contribution in [3.8, 4) is 5.75 Å². The largest absolute Gasteiger partial charge is 0.508 e. The number of hydrogen-bond acceptors (Lipinski definition) is 3. The van der Waals surface area contributed by atoms with Gasteiger partial charge in [-0.3, -0.25) is 0 Å². The number of nitrogens with zero attached hydrogens (tertiary/aromatic N) is 1. The van der Waals surface area contributed by atoms with Crippen LogP contribution in [-0.4, -0.2) is 32.6 Å². The Morgan fingerprint density at radius 3 is 2.70 bits per heavy atom. The van der Waals surface area contributed by atoms with Crippen molar-refractivity contribution in [3.05, 3.63) is 30.0 Å². The highest BCUT2D eigenvalue weighted by Gasteiger charge is 2.26. The number of nitrogens with one attached hydrogen (secondary N) is 1. The minimum atomic E-state index is -1.48. The average Bonchev–Trinajstić information content (AvgIpc) is 2.71. The van der Waals surface area contributed by atoms with Crippen LogP contribution in [0.1, 0.15) is 38.8 Å². The molecule has 0 saturated heterocycles. The Morgan fingerprint density at radius 2 is 2.10 bits per heavy atom. The van der Waals surface area contributed by atoms with Gasteiger partial charge in [0, 0.05) is 17.1 Å². The van der Waals surface area contributed by atoms with Gasteiger partial charge in [-0.05, 0) is 44.0 Å². The first-order chi connectivity index (χ1) is 9.31. The molecule has 0 aliphatic rings. The summed E-state index contributed by atoms with van der Waals surface area (Å²) in [5.41, 5.74) is 0.255. The Balaban J connectivity index is 2.36. The molecule has 1 atom stereocenters. The van der Waals surface area contributed by atoms with E-state index >= 15 is 0 Å². The molecule has 1 aromatic heterocycles. The molecule has 20 heavy (non-hydrogen) atoms. The maximum Gasteiger partial charge on any atom is 0.120 e. The third-order valence-corrected chi connectivity index (χ3v) is 3.34. The van der Waals surface area contributed by atoms with Crippen molar-refractivity contribution in [2.75, 3.05) is 6.54 Å². The van der Waals surface area contributed by atoms with E-state index in [0.717, 1.165) is 21.5 Å². The van der Waals surface area contributed by atoms with Gasteiger partial charge in [0.05, 0.1) is 12.6 Å². The Labute approximate surface area is 117 Å². The van der Waals surface area contributed by atoms with Crippen LogP contribution in [0.4, 0.5) is 4.39 Å². The molecule has 0 aliphatic heterocycles. The van der Waals surface area contributed by atoms with Crippen molar-refractivity contribution in [1.29, 1.82) is 0 Å². The number of H-pyrrole nitrogens is 1. The van der Waals surface area contributed by atoms with E-state index in [-0.39, 0.29) is 18.3 Å². The monoisotopic (exact) mass is 280 g/mol. The quantitative estimate of drug-likeness (QED) is 0.731. The van der Waals surface area contributed by atoms with Crippen LogP contribution in [0.2, 0.25) is 0 Å². The fourth-order valence-corrected chi connectivity index (χ4v) is 2.49. The molecule has 1 aromatic carbocycles. The van der Waals surface area contributed by atoms with E-state index in [2.05, 4.69) is 4.98 Å². The summed E-state index contributed by atoms with van der Waals surface area (Å²) in [5.74, 6) is 0.170. The lowest BCUT2D eigenvalue weighted by molar-refractivity contribution is -0.151. The molecule has 4 nitrogen and oxygen atoms in total. The van der Waals surface area contributed by atoms with Gasteiger partial charge in [0.2, 0.25) is 0 Å². The van der Waals surface area contributed by atoms with Crippen molar-refractivity contribution in [2.24, 2.45) is 0 Å². The number of alkyl halides is 1. The molecule has 0 bridgehead atoms. The normalized spacial score (nSPS) is 14.1. The van der Waals surface area contributed by atoms with E-state index in [4.69, 9.17) is 0 Å². The molecule has 1 unspecified atom stereocenters. The van der Waals surface area contributed by atoms with Gasteiger partial charge in [0.15, 0.2) is 0 Å². The predicted molar refractivity (Wildman–Crippen MR) is 76.7 cm³/mol. The molecular formula is C15H21FN2O2. The van der Waals surface area contributed by atoms with Crippen LogP contribution in [0.3, 0.4) is 0 Å².